The van der Waals surface area contributed by atoms with Crippen molar-refractivity contribution >= 4 is 27.2 Å². The van der Waals surface area contributed by atoms with Crippen molar-refractivity contribution in [1.29, 1.82) is 0 Å². The van der Waals surface area contributed by atoms with Crippen molar-refractivity contribution in [3.8, 4) is 11.4 Å². The summed E-state index contributed by atoms with van der Waals surface area (Å²) in [6.07, 6.45) is 4.18. The van der Waals surface area contributed by atoms with Crippen molar-refractivity contribution in [3.63, 3.8) is 0 Å². The number of pyridine rings is 1. The lowest BCUT2D eigenvalue weighted by Gasteiger charge is -2.09. The van der Waals surface area contributed by atoms with E-state index in [1.165, 1.54) is 22.2 Å². The summed E-state index contributed by atoms with van der Waals surface area (Å²) in [6.45, 7) is 4.49. The Kier molecular flexibility index (Phi) is 4.43. The monoisotopic (exact) mass is 419 g/mol. The molecule has 0 radical (unpaired) electrons. The molecule has 0 aliphatic heterocycles. The van der Waals surface area contributed by atoms with Gasteiger partial charge < -0.3 is 0 Å². The van der Waals surface area contributed by atoms with E-state index in [1.54, 1.807) is 40.4 Å². The zero-order valence-corrected chi connectivity index (χ0v) is 17.3. The first-order valence-electron chi connectivity index (χ1n) is 9.63. The molecule has 0 N–H and O–H groups in total. The van der Waals surface area contributed by atoms with Gasteiger partial charge in [0.15, 0.2) is 11.5 Å². The maximum absolute atomic E-state index is 13.4. The maximum atomic E-state index is 13.4. The molecule has 0 bridgehead atoms. The molecule has 0 unspecified atom stereocenters. The highest BCUT2D eigenvalue weighted by Crippen LogP contribution is 2.33. The number of hydrogen-bond donors (Lipinski definition) is 0. The van der Waals surface area contributed by atoms with Gasteiger partial charge >= 0.3 is 5.69 Å². The number of aryl methyl sites for hydroxylation is 2. The lowest BCUT2D eigenvalue weighted by Crippen LogP contribution is -2.28. The van der Waals surface area contributed by atoms with Crippen LogP contribution in [0.2, 0.25) is 0 Å². The predicted molar refractivity (Wildman–Crippen MR) is 115 cm³/mol. The van der Waals surface area contributed by atoms with E-state index in [9.17, 15) is 9.18 Å². The van der Waals surface area contributed by atoms with Gasteiger partial charge in [0.2, 0.25) is 0 Å². The van der Waals surface area contributed by atoms with E-state index in [-0.39, 0.29) is 11.5 Å². The van der Waals surface area contributed by atoms with Crippen LogP contribution in [0.25, 0.3) is 27.3 Å². The van der Waals surface area contributed by atoms with E-state index in [1.807, 2.05) is 12.1 Å². The molecule has 5 rings (SSSR count). The van der Waals surface area contributed by atoms with Crippen LogP contribution < -0.4 is 5.69 Å². The van der Waals surface area contributed by atoms with Crippen molar-refractivity contribution in [1.82, 2.24) is 24.1 Å². The molecule has 30 heavy (non-hydrogen) atoms. The summed E-state index contributed by atoms with van der Waals surface area (Å²) in [6, 6.07) is 9.85. The summed E-state index contributed by atoms with van der Waals surface area (Å²) >= 11 is 1.58. The van der Waals surface area contributed by atoms with Crippen molar-refractivity contribution in [2.75, 3.05) is 0 Å². The van der Waals surface area contributed by atoms with E-state index in [4.69, 9.17) is 4.98 Å². The molecule has 4 aromatic heterocycles. The zero-order valence-electron chi connectivity index (χ0n) is 16.5. The van der Waals surface area contributed by atoms with E-state index in [0.717, 1.165) is 32.6 Å². The quantitative estimate of drug-likeness (QED) is 0.437. The minimum Gasteiger partial charge on any atom is -0.278 e. The first kappa shape index (κ1) is 18.6. The number of halogens is 1. The van der Waals surface area contributed by atoms with Crippen LogP contribution in [0, 0.1) is 12.7 Å². The molecule has 0 saturated carbocycles. The van der Waals surface area contributed by atoms with Gasteiger partial charge in [-0.05, 0) is 48.7 Å². The van der Waals surface area contributed by atoms with Gasteiger partial charge in [0.05, 0.1) is 11.9 Å². The Balaban J connectivity index is 1.82. The van der Waals surface area contributed by atoms with Crippen LogP contribution in [0.15, 0.2) is 53.6 Å². The van der Waals surface area contributed by atoms with Crippen molar-refractivity contribution in [2.24, 2.45) is 0 Å². The zero-order chi connectivity index (χ0) is 20.8. The molecule has 4 heterocycles. The molecule has 8 heteroatoms. The van der Waals surface area contributed by atoms with Crippen LogP contribution in [-0.2, 0) is 13.0 Å². The molecule has 0 spiro atoms. The molecule has 0 aliphatic rings. The third-order valence-electron chi connectivity index (χ3n) is 5.22. The molecule has 0 fully saturated rings. The first-order valence-corrected chi connectivity index (χ1v) is 10.4. The average molecular weight is 419 g/mol. The minimum absolute atomic E-state index is 0.265. The molecule has 0 saturated heterocycles. The standard InChI is InChI=1S/C22H18FN5OS/c1-3-17-13(2)30-21-18(17)20-25-19(15-8-10-24-11-9-15)26-28(20)22(29)27(21)12-14-4-6-16(23)7-5-14/h4-11H,3,12H2,1-2H3. The first-order chi connectivity index (χ1) is 14.6. The summed E-state index contributed by atoms with van der Waals surface area (Å²) in [4.78, 5) is 24.2. The fourth-order valence-corrected chi connectivity index (χ4v) is 4.98. The van der Waals surface area contributed by atoms with Crippen LogP contribution in [0.1, 0.15) is 22.9 Å². The highest BCUT2D eigenvalue weighted by molar-refractivity contribution is 7.19. The average Bonchev–Trinajstić information content (AvgIpc) is 3.34. The van der Waals surface area contributed by atoms with Crippen LogP contribution in [0.4, 0.5) is 4.39 Å². The third-order valence-corrected chi connectivity index (χ3v) is 6.39. The Morgan fingerprint density at radius 3 is 2.53 bits per heavy atom. The highest BCUT2D eigenvalue weighted by Gasteiger charge is 2.21. The van der Waals surface area contributed by atoms with E-state index in [0.29, 0.717) is 18.0 Å². The molecular weight excluding hydrogens is 401 g/mol. The topological polar surface area (TPSA) is 65.1 Å². The van der Waals surface area contributed by atoms with Crippen LogP contribution >= 0.6 is 11.3 Å². The lowest BCUT2D eigenvalue weighted by molar-refractivity contribution is 0.626. The van der Waals surface area contributed by atoms with Crippen LogP contribution in [0.3, 0.4) is 0 Å². The molecule has 5 aromatic rings. The van der Waals surface area contributed by atoms with Crippen molar-refractivity contribution < 1.29 is 4.39 Å². The molecule has 150 valence electrons. The Morgan fingerprint density at radius 2 is 1.83 bits per heavy atom. The van der Waals surface area contributed by atoms with Gasteiger partial charge in [0, 0.05) is 22.8 Å². The Bertz CT molecular complexity index is 1430. The van der Waals surface area contributed by atoms with Crippen molar-refractivity contribution in [2.45, 2.75) is 26.8 Å². The highest BCUT2D eigenvalue weighted by atomic mass is 32.1. The number of thiophene rings is 1. The smallest absolute Gasteiger partial charge is 0.278 e. The Hall–Kier alpha value is -3.39. The maximum Gasteiger partial charge on any atom is 0.352 e. The second kappa shape index (κ2) is 7.14. The van der Waals surface area contributed by atoms with Crippen molar-refractivity contribution in [3.05, 3.63) is 81.1 Å². The second-order valence-corrected chi connectivity index (χ2v) is 8.28. The lowest BCUT2D eigenvalue weighted by atomic mass is 10.1. The predicted octanol–water partition coefficient (Wildman–Crippen LogP) is 4.23. The van der Waals surface area contributed by atoms with Crippen LogP contribution in [-0.4, -0.2) is 24.1 Å². The fraction of sp³-hybridized carbons (Fsp3) is 0.182. The number of aromatic nitrogens is 5. The summed E-state index contributed by atoms with van der Waals surface area (Å²) < 4.78 is 16.4. The molecule has 6 nitrogen and oxygen atoms in total. The van der Waals surface area contributed by atoms with Gasteiger partial charge in [0.1, 0.15) is 10.6 Å². The Morgan fingerprint density at radius 1 is 1.10 bits per heavy atom. The summed E-state index contributed by atoms with van der Waals surface area (Å²) in [7, 11) is 0. The Labute approximate surface area is 175 Å². The fourth-order valence-electron chi connectivity index (χ4n) is 3.75. The molecule has 0 aliphatic carbocycles. The largest absolute Gasteiger partial charge is 0.352 e. The van der Waals surface area contributed by atoms with Gasteiger partial charge in [-0.25, -0.2) is 14.2 Å². The van der Waals surface area contributed by atoms with E-state index in [2.05, 4.69) is 23.9 Å². The summed E-state index contributed by atoms with van der Waals surface area (Å²) in [5.41, 5.74) is 3.12. The molecular formula is C22H18FN5OS. The number of fused-ring (bicyclic) bond motifs is 3. The van der Waals surface area contributed by atoms with E-state index < -0.39 is 0 Å². The van der Waals surface area contributed by atoms with Gasteiger partial charge in [-0.2, -0.15) is 4.52 Å². The number of hydrogen-bond acceptors (Lipinski definition) is 5. The minimum atomic E-state index is -0.301. The van der Waals surface area contributed by atoms with Gasteiger partial charge in [-0.15, -0.1) is 16.4 Å². The molecule has 1 aromatic carbocycles. The molecule has 0 amide bonds. The van der Waals surface area contributed by atoms with E-state index >= 15 is 0 Å². The normalized spacial score (nSPS) is 11.6. The second-order valence-electron chi connectivity index (χ2n) is 7.07. The number of benzene rings is 1. The summed E-state index contributed by atoms with van der Waals surface area (Å²) in [5, 5.41) is 5.48. The SMILES string of the molecule is CCc1c(C)sc2c1c1nc(-c3ccncc3)nn1c(=O)n2Cc1ccc(F)cc1. The third kappa shape index (κ3) is 2.91. The van der Waals surface area contributed by atoms with Gasteiger partial charge in [-0.1, -0.05) is 19.1 Å². The summed E-state index contributed by atoms with van der Waals surface area (Å²) in [5.74, 6) is 0.187. The van der Waals surface area contributed by atoms with Gasteiger partial charge in [0.25, 0.3) is 0 Å². The number of rotatable bonds is 4. The van der Waals surface area contributed by atoms with Gasteiger partial charge in [-0.3, -0.25) is 9.55 Å². The van der Waals surface area contributed by atoms with Crippen LogP contribution in [0.5, 0.6) is 0 Å². The number of nitrogens with zero attached hydrogens (tertiary/aromatic N) is 5. The molecule has 0 atom stereocenters.